The van der Waals surface area contributed by atoms with Gasteiger partial charge in [0.2, 0.25) is 0 Å². The zero-order valence-corrected chi connectivity index (χ0v) is 74.5. The summed E-state index contributed by atoms with van der Waals surface area (Å²) < 4.78 is 53.3. The second kappa shape index (κ2) is 47.5. The fourth-order valence-corrected chi connectivity index (χ4v) is 15.3. The van der Waals surface area contributed by atoms with Gasteiger partial charge in [0, 0.05) is 92.8 Å². The third-order valence-corrected chi connectivity index (χ3v) is 20.7. The minimum absolute atomic E-state index is 0.0613. The molecule has 0 fully saturated rings. The molecule has 8 N–H and O–H groups in total. The number of hydrogen-bond donors (Lipinski definition) is 8. The van der Waals surface area contributed by atoms with Crippen LogP contribution < -0.4 is 25.6 Å². The molecule has 0 bridgehead atoms. The Labute approximate surface area is 738 Å². The Morgan fingerprint density at radius 1 is 0.491 bits per heavy atom. The number of methoxy groups -OCH3 is 2. The highest BCUT2D eigenvalue weighted by Crippen LogP contribution is 2.42. The molecule has 0 radical (unpaired) electrons. The fourth-order valence-electron chi connectivity index (χ4n) is 9.05. The van der Waals surface area contributed by atoms with Crippen LogP contribution in [0.15, 0.2) is 286 Å². The first-order valence-electron chi connectivity index (χ1n) is 32.8. The maximum Gasteiger partial charge on any atom is 0.416 e. The van der Waals surface area contributed by atoms with Crippen LogP contribution in [0.25, 0.3) is 0 Å². The zero-order valence-electron chi connectivity index (χ0n) is 59.6. The summed E-state index contributed by atoms with van der Waals surface area (Å²) in [6, 6.07) is 58.5. The van der Waals surface area contributed by atoms with Gasteiger partial charge in [0.25, 0.3) is 5.91 Å². The molecule has 0 saturated heterocycles. The summed E-state index contributed by atoms with van der Waals surface area (Å²) in [4.78, 5) is 34.3. The Kier molecular flexibility index (Phi) is 38.6. The second-order valence-electron chi connectivity index (χ2n) is 22.9. The molecule has 3 aromatic heterocycles. The summed E-state index contributed by atoms with van der Waals surface area (Å²) in [6.45, 7) is 3.14. The molecule has 0 unspecified atom stereocenters. The average molecular weight is 2100 g/mol. The van der Waals surface area contributed by atoms with E-state index in [0.717, 1.165) is 61.8 Å². The van der Waals surface area contributed by atoms with E-state index in [-0.39, 0.29) is 51.8 Å². The largest absolute Gasteiger partial charge is 0.507 e. The van der Waals surface area contributed by atoms with Crippen molar-refractivity contribution >= 4 is 212 Å². The molecule has 12 rings (SSSR count). The number of phenols is 5. The molecule has 114 heavy (non-hydrogen) atoms. The standard InChI is InChI=1S/C16H12Br2F3NO.C14H11Br2NO2.C14H13BrN2O.C13H10Cl2O2S.C12H9Br2N3O.C12H9Cl2N3O/c1-23-15-11(6-13(17)7-14(15)18)9-22-8-10-2-4-12(5-3-10)16(19,20)21;15-10-6-11(13(18)12(16)7-10)14(19)17-8-9-4-2-1-3-5-9;1-10-6-14(18)11(7-13(10)15)8-16-9-12-4-2-3-5-17-12;1-17-11-5-3-9(15)7-13(11)18-12-6-8(14)2-4-10(12)16;2*13-9-5-8(12(18)10(14)6-9)7-16-17-11-3-1-2-4-15-11/h2-7,9H,8H2,1H3;1-7,18H,8H2,(H,17,19);2-8,18H,9H2,1H3;2-7,16H,1H3;2*1-7,18H,(H,15,17)/b;;;;2*16-7+. The number of anilines is 2. The average Bonchev–Trinajstić information content (AvgIpc) is 0.854. The number of aromatic hydroxyl groups is 5. The number of nitrogens with one attached hydrogen (secondary N) is 3. The first-order valence-corrected chi connectivity index (χ1v) is 40.7. The van der Waals surface area contributed by atoms with Crippen LogP contribution in [-0.4, -0.2) is 85.5 Å². The van der Waals surface area contributed by atoms with E-state index in [4.69, 9.17) is 55.9 Å². The highest BCUT2D eigenvalue weighted by atomic mass is 79.9. The molecular formula is C81H64Br7Cl4F3N10O8S. The molecule has 3 heterocycles. The summed E-state index contributed by atoms with van der Waals surface area (Å²) in [6.07, 6.45) is 6.97. The van der Waals surface area contributed by atoms with Crippen LogP contribution in [0, 0.1) is 6.92 Å². The summed E-state index contributed by atoms with van der Waals surface area (Å²) in [5.41, 5.74) is 11.1. The van der Waals surface area contributed by atoms with Crippen LogP contribution in [0.4, 0.5) is 24.8 Å². The predicted molar refractivity (Wildman–Crippen MR) is 476 cm³/mol. The second-order valence-corrected chi connectivity index (χ2v) is 31.9. The SMILES string of the molecule is COc1c(Br)cc(Br)cc1C=NCc1ccc(C(F)(F)F)cc1.COc1ccc(Cl)cc1Sc1cc(Cl)ccc1O.Cc1cc(O)c(C=NCc2ccccn2)cc1Br.O=C(NCc1ccccc1)c1cc(Br)cc(Br)c1O.Oc1c(Br)cc(Br)cc1/C=N/Nc1ccccn1.Oc1c(Cl)cc(Cl)cc1/C=N/Nc1ccccn1. The van der Waals surface area contributed by atoms with Gasteiger partial charge in [-0.25, -0.2) is 9.97 Å². The number of aryl methyl sites for hydroxylation is 1. The van der Waals surface area contributed by atoms with E-state index < -0.39 is 11.7 Å². The highest BCUT2D eigenvalue weighted by molar-refractivity contribution is 9.12. The third-order valence-electron chi connectivity index (χ3n) is 14.6. The van der Waals surface area contributed by atoms with Crippen molar-refractivity contribution in [3.63, 3.8) is 0 Å². The van der Waals surface area contributed by atoms with Crippen LogP contribution in [0.1, 0.15) is 60.6 Å². The van der Waals surface area contributed by atoms with Gasteiger partial charge in [-0.3, -0.25) is 30.6 Å². The molecule has 1 amide bonds. The summed E-state index contributed by atoms with van der Waals surface area (Å²) in [5.74, 6) is 2.69. The molecule has 0 atom stereocenters. The fraction of sp³-hybridized carbons (Fsp3) is 0.0864. The number of hydrogen-bond acceptors (Lipinski definition) is 18. The summed E-state index contributed by atoms with van der Waals surface area (Å²) in [7, 11) is 3.15. The zero-order chi connectivity index (χ0) is 82.9. The minimum Gasteiger partial charge on any atom is -0.507 e. The topological polar surface area (TPSA) is 261 Å². The number of rotatable bonds is 19. The maximum atomic E-state index is 12.5. The Hall–Kier alpha value is -8.56. The molecule has 0 aliphatic heterocycles. The predicted octanol–water partition coefficient (Wildman–Crippen LogP) is 25.3. The first kappa shape index (κ1) is 92.6. The van der Waals surface area contributed by atoms with Gasteiger partial charge < -0.3 is 40.3 Å². The smallest absolute Gasteiger partial charge is 0.416 e. The van der Waals surface area contributed by atoms with Crippen molar-refractivity contribution < 1.29 is 53.0 Å². The van der Waals surface area contributed by atoms with Gasteiger partial charge in [-0.1, -0.05) is 183 Å². The van der Waals surface area contributed by atoms with E-state index in [0.29, 0.717) is 87.4 Å². The van der Waals surface area contributed by atoms with Gasteiger partial charge in [-0.05, 0) is 217 Å². The summed E-state index contributed by atoms with van der Waals surface area (Å²) >= 11 is 48.1. The molecule has 0 aliphatic rings. The van der Waals surface area contributed by atoms with Crippen LogP contribution in [0.5, 0.6) is 40.2 Å². The molecule has 0 spiro atoms. The van der Waals surface area contributed by atoms with Gasteiger partial charge in [-0.15, -0.1) is 0 Å². The van der Waals surface area contributed by atoms with Crippen LogP contribution in [0.3, 0.4) is 0 Å². The maximum absolute atomic E-state index is 12.5. The van der Waals surface area contributed by atoms with E-state index >= 15 is 0 Å². The van der Waals surface area contributed by atoms with E-state index in [1.165, 1.54) is 42.4 Å². The van der Waals surface area contributed by atoms with E-state index in [1.54, 1.807) is 136 Å². The quantitative estimate of drug-likeness (QED) is 0.0277. The van der Waals surface area contributed by atoms with Gasteiger partial charge in [-0.2, -0.15) is 23.4 Å². The van der Waals surface area contributed by atoms with Crippen LogP contribution in [0.2, 0.25) is 20.1 Å². The van der Waals surface area contributed by atoms with Crippen molar-refractivity contribution in [2.45, 2.75) is 42.5 Å². The Bertz CT molecular complexity index is 5200. The van der Waals surface area contributed by atoms with E-state index in [9.17, 15) is 43.5 Å². The highest BCUT2D eigenvalue weighted by Gasteiger charge is 2.30. The molecule has 590 valence electrons. The number of nitrogens with zero attached hydrogens (tertiary/aromatic N) is 7. The monoisotopic (exact) mass is 2090 g/mol. The Balaban J connectivity index is 0.000000190. The van der Waals surface area contributed by atoms with Gasteiger partial charge >= 0.3 is 6.18 Å². The van der Waals surface area contributed by atoms with Crippen molar-refractivity contribution in [3.8, 4) is 40.2 Å². The number of carbonyl (C=O) groups excluding carboxylic acids is 1. The lowest BCUT2D eigenvalue weighted by Gasteiger charge is -2.09. The number of phenolic OH excluding ortho intramolecular Hbond substituents is 5. The number of benzene rings is 9. The molecule has 18 nitrogen and oxygen atoms in total. The van der Waals surface area contributed by atoms with Crippen LogP contribution >= 0.6 is 170 Å². The van der Waals surface area contributed by atoms with Crippen molar-refractivity contribution in [2.24, 2.45) is 20.2 Å². The van der Waals surface area contributed by atoms with Gasteiger partial charge in [0.05, 0.1) is 84.8 Å². The molecule has 33 heteroatoms. The third kappa shape index (κ3) is 31.2. The van der Waals surface area contributed by atoms with Crippen molar-refractivity contribution in [1.82, 2.24) is 20.3 Å². The van der Waals surface area contributed by atoms with Crippen molar-refractivity contribution in [1.29, 1.82) is 0 Å². The molecule has 12 aromatic rings. The van der Waals surface area contributed by atoms with Crippen LogP contribution in [-0.2, 0) is 25.8 Å². The lowest BCUT2D eigenvalue weighted by atomic mass is 10.1. The number of ether oxygens (including phenoxy) is 2. The summed E-state index contributed by atoms with van der Waals surface area (Å²) in [5, 5.41) is 61.4. The normalized spacial score (nSPS) is 10.9. The molecule has 0 saturated carbocycles. The first-order chi connectivity index (χ1) is 54.5. The number of aromatic nitrogens is 3. The molecule has 0 aliphatic carbocycles. The van der Waals surface area contributed by atoms with Crippen molar-refractivity contribution in [3.05, 3.63) is 332 Å². The Morgan fingerprint density at radius 2 is 1.04 bits per heavy atom. The molecule has 9 aromatic carbocycles. The van der Waals surface area contributed by atoms with Gasteiger partial charge in [0.15, 0.2) is 0 Å². The van der Waals surface area contributed by atoms with Crippen molar-refractivity contribution in [2.75, 3.05) is 25.1 Å². The number of pyridine rings is 3. The molecular weight excluding hydrogens is 2030 g/mol. The van der Waals surface area contributed by atoms with E-state index in [1.807, 2.05) is 91.9 Å². The number of amides is 1. The lowest BCUT2D eigenvalue weighted by molar-refractivity contribution is -0.137. The number of alkyl halides is 3. The number of carbonyl (C=O) groups is 1. The Morgan fingerprint density at radius 3 is 1.62 bits per heavy atom. The van der Waals surface area contributed by atoms with Gasteiger partial charge in [0.1, 0.15) is 51.9 Å². The lowest BCUT2D eigenvalue weighted by Crippen LogP contribution is -2.22. The number of halogens is 14. The minimum atomic E-state index is -4.32. The number of hydrazone groups is 2. The number of aliphatic imine (C=N–C) groups is 2. The van der Waals surface area contributed by atoms with E-state index in [2.05, 4.69) is 163 Å².